The van der Waals surface area contributed by atoms with Crippen LogP contribution in [0.4, 0.5) is 0 Å². The molecule has 2 saturated carbocycles. The van der Waals surface area contributed by atoms with E-state index in [1.165, 1.54) is 38.5 Å². The van der Waals surface area contributed by atoms with Gasteiger partial charge in [0.2, 0.25) is 5.91 Å². The van der Waals surface area contributed by atoms with Crippen LogP contribution in [-0.4, -0.2) is 49.2 Å². The van der Waals surface area contributed by atoms with E-state index >= 15 is 0 Å². The molecule has 0 spiro atoms. The Morgan fingerprint density at radius 1 is 1.00 bits per heavy atom. The second-order valence-electron chi connectivity index (χ2n) is 8.26. The quantitative estimate of drug-likeness (QED) is 0.846. The number of nitrogens with zero attached hydrogens (tertiary/aromatic N) is 1. The van der Waals surface area contributed by atoms with Gasteiger partial charge >= 0.3 is 0 Å². The number of carbonyl (C=O) groups excluding carboxylic acids is 1. The maximum atomic E-state index is 12.6. The molecule has 3 unspecified atom stereocenters. The van der Waals surface area contributed by atoms with E-state index < -0.39 is 0 Å². The number of nitrogens with one attached hydrogen (secondary N) is 1. The normalized spacial score (nSPS) is 34.0. The Hall–Kier alpha value is -0.610. The average Bonchev–Trinajstić information content (AvgIpc) is 3.25. The van der Waals surface area contributed by atoms with Gasteiger partial charge in [0, 0.05) is 43.6 Å². The van der Waals surface area contributed by atoms with Gasteiger partial charge in [-0.25, -0.2) is 0 Å². The summed E-state index contributed by atoms with van der Waals surface area (Å²) in [5.41, 5.74) is 0. The predicted octanol–water partition coefficient (Wildman–Crippen LogP) is 2.57. The third kappa shape index (κ3) is 3.43. The highest BCUT2D eigenvalue weighted by atomic mass is 16.5. The Bertz CT molecular complexity index is 412. The number of hydrogen-bond donors (Lipinski definition) is 1. The van der Waals surface area contributed by atoms with Crippen LogP contribution in [-0.2, 0) is 9.53 Å². The Morgan fingerprint density at radius 2 is 1.83 bits per heavy atom. The van der Waals surface area contributed by atoms with Crippen LogP contribution in [0.5, 0.6) is 0 Å². The molecule has 0 bridgehead atoms. The zero-order valence-electron chi connectivity index (χ0n) is 14.3. The first-order valence-corrected chi connectivity index (χ1v) is 9.94. The summed E-state index contributed by atoms with van der Waals surface area (Å²) >= 11 is 0. The van der Waals surface area contributed by atoms with Gasteiger partial charge in [-0.3, -0.25) is 4.79 Å². The van der Waals surface area contributed by atoms with Gasteiger partial charge in [-0.2, -0.15) is 0 Å². The molecule has 4 heteroatoms. The molecule has 0 radical (unpaired) electrons. The molecule has 0 aromatic rings. The topological polar surface area (TPSA) is 41.6 Å². The molecule has 1 amide bonds. The zero-order valence-corrected chi connectivity index (χ0v) is 14.3. The second-order valence-corrected chi connectivity index (χ2v) is 8.26. The standard InChI is InChI=1S/C19H32N2O2/c22-19(15-4-1-2-5-15)21-10-8-17(12-21)20-18(14-6-3-7-14)16-9-11-23-13-16/h14-18,20H,1-13H2. The van der Waals surface area contributed by atoms with Crippen molar-refractivity contribution in [3.8, 4) is 0 Å². The summed E-state index contributed by atoms with van der Waals surface area (Å²) in [5.74, 6) is 2.32. The first-order chi connectivity index (χ1) is 11.3. The van der Waals surface area contributed by atoms with Crippen molar-refractivity contribution in [2.24, 2.45) is 17.8 Å². The molecule has 0 aromatic carbocycles. The third-order valence-corrected chi connectivity index (χ3v) is 6.76. The van der Waals surface area contributed by atoms with Crippen molar-refractivity contribution < 1.29 is 9.53 Å². The zero-order chi connectivity index (χ0) is 15.6. The summed E-state index contributed by atoms with van der Waals surface area (Å²) in [5, 5.41) is 3.96. The summed E-state index contributed by atoms with van der Waals surface area (Å²) in [6.45, 7) is 3.77. The summed E-state index contributed by atoms with van der Waals surface area (Å²) < 4.78 is 5.64. The van der Waals surface area contributed by atoms with Crippen LogP contribution < -0.4 is 5.32 Å². The number of rotatable bonds is 5. The fourth-order valence-electron chi connectivity index (χ4n) is 5.09. The highest BCUT2D eigenvalue weighted by molar-refractivity contribution is 5.79. The van der Waals surface area contributed by atoms with Gasteiger partial charge < -0.3 is 15.0 Å². The molecule has 23 heavy (non-hydrogen) atoms. The Balaban J connectivity index is 1.32. The Morgan fingerprint density at radius 3 is 2.48 bits per heavy atom. The van der Waals surface area contributed by atoms with E-state index in [0.29, 0.717) is 29.8 Å². The molecule has 2 aliphatic carbocycles. The van der Waals surface area contributed by atoms with Gasteiger partial charge in [-0.05, 0) is 44.4 Å². The van der Waals surface area contributed by atoms with Gasteiger partial charge in [0.1, 0.15) is 0 Å². The molecule has 4 aliphatic rings. The average molecular weight is 320 g/mol. The monoisotopic (exact) mass is 320 g/mol. The number of carbonyl (C=O) groups is 1. The molecule has 2 aliphatic heterocycles. The van der Waals surface area contributed by atoms with Gasteiger partial charge in [-0.1, -0.05) is 19.3 Å². The molecule has 1 N–H and O–H groups in total. The number of likely N-dealkylation sites (tertiary alicyclic amines) is 1. The van der Waals surface area contributed by atoms with Gasteiger partial charge in [0.05, 0.1) is 6.61 Å². The molecule has 4 fully saturated rings. The molecule has 3 atom stereocenters. The minimum absolute atomic E-state index is 0.333. The Kier molecular flexibility index (Phi) is 4.91. The largest absolute Gasteiger partial charge is 0.381 e. The highest BCUT2D eigenvalue weighted by Crippen LogP contribution is 2.36. The van der Waals surface area contributed by atoms with Crippen molar-refractivity contribution in [2.45, 2.75) is 69.9 Å². The lowest BCUT2D eigenvalue weighted by Crippen LogP contribution is -2.50. The number of ether oxygens (including phenoxy) is 1. The van der Waals surface area contributed by atoms with Crippen LogP contribution >= 0.6 is 0 Å². The lowest BCUT2D eigenvalue weighted by atomic mass is 9.74. The van der Waals surface area contributed by atoms with Gasteiger partial charge in [0.15, 0.2) is 0 Å². The van der Waals surface area contributed by atoms with Gasteiger partial charge in [0.25, 0.3) is 0 Å². The van der Waals surface area contributed by atoms with E-state index in [1.54, 1.807) is 0 Å². The van der Waals surface area contributed by atoms with E-state index in [2.05, 4.69) is 10.2 Å². The summed E-state index contributed by atoms with van der Waals surface area (Å²) in [4.78, 5) is 14.8. The molecule has 4 nitrogen and oxygen atoms in total. The Labute approximate surface area is 140 Å². The fraction of sp³-hybridized carbons (Fsp3) is 0.947. The second kappa shape index (κ2) is 7.10. The number of hydrogen-bond acceptors (Lipinski definition) is 3. The molecular weight excluding hydrogens is 288 g/mol. The molecule has 4 rings (SSSR count). The predicted molar refractivity (Wildman–Crippen MR) is 90.1 cm³/mol. The molecule has 130 valence electrons. The summed E-state index contributed by atoms with van der Waals surface area (Å²) in [7, 11) is 0. The molecule has 0 aromatic heterocycles. The van der Waals surface area contributed by atoms with Gasteiger partial charge in [-0.15, -0.1) is 0 Å². The third-order valence-electron chi connectivity index (χ3n) is 6.76. The van der Waals surface area contributed by atoms with E-state index in [-0.39, 0.29) is 0 Å². The van der Waals surface area contributed by atoms with Crippen LogP contribution in [0.3, 0.4) is 0 Å². The molecule has 2 heterocycles. The SMILES string of the molecule is O=C(C1CCCC1)N1CCC(NC(C2CCC2)C2CCOC2)C1. The maximum Gasteiger partial charge on any atom is 0.225 e. The van der Waals surface area contributed by atoms with Crippen LogP contribution in [0.15, 0.2) is 0 Å². The lowest BCUT2D eigenvalue weighted by Gasteiger charge is -2.39. The summed E-state index contributed by atoms with van der Waals surface area (Å²) in [6.07, 6.45) is 11.2. The van der Waals surface area contributed by atoms with Crippen LogP contribution in [0.25, 0.3) is 0 Å². The lowest BCUT2D eigenvalue weighted by molar-refractivity contribution is -0.134. The molecular formula is C19H32N2O2. The van der Waals surface area contributed by atoms with Crippen molar-refractivity contribution in [3.63, 3.8) is 0 Å². The van der Waals surface area contributed by atoms with E-state index in [0.717, 1.165) is 51.5 Å². The minimum Gasteiger partial charge on any atom is -0.381 e. The fourth-order valence-corrected chi connectivity index (χ4v) is 5.09. The first kappa shape index (κ1) is 15.9. The van der Waals surface area contributed by atoms with Crippen LogP contribution in [0.2, 0.25) is 0 Å². The van der Waals surface area contributed by atoms with Crippen molar-refractivity contribution in [1.29, 1.82) is 0 Å². The van der Waals surface area contributed by atoms with Crippen LogP contribution in [0, 0.1) is 17.8 Å². The van der Waals surface area contributed by atoms with Crippen molar-refractivity contribution in [1.82, 2.24) is 10.2 Å². The molecule has 2 saturated heterocycles. The number of amides is 1. The van der Waals surface area contributed by atoms with E-state index in [9.17, 15) is 4.79 Å². The van der Waals surface area contributed by atoms with E-state index in [1.807, 2.05) is 0 Å². The minimum atomic E-state index is 0.333. The van der Waals surface area contributed by atoms with E-state index in [4.69, 9.17) is 4.74 Å². The van der Waals surface area contributed by atoms with Crippen molar-refractivity contribution in [2.75, 3.05) is 26.3 Å². The van der Waals surface area contributed by atoms with Crippen molar-refractivity contribution in [3.05, 3.63) is 0 Å². The van der Waals surface area contributed by atoms with Crippen molar-refractivity contribution >= 4 is 5.91 Å². The summed E-state index contributed by atoms with van der Waals surface area (Å²) in [6, 6.07) is 1.13. The first-order valence-electron chi connectivity index (χ1n) is 9.94. The smallest absolute Gasteiger partial charge is 0.225 e. The van der Waals surface area contributed by atoms with Crippen LogP contribution in [0.1, 0.15) is 57.8 Å². The highest BCUT2D eigenvalue weighted by Gasteiger charge is 2.38. The maximum absolute atomic E-state index is 12.6.